The zero-order chi connectivity index (χ0) is 11.8. The van der Waals surface area contributed by atoms with Crippen LogP contribution >= 0.6 is 11.8 Å². The first-order valence-electron chi connectivity index (χ1n) is 5.46. The van der Waals surface area contributed by atoms with Crippen LogP contribution in [0.25, 0.3) is 11.1 Å². The van der Waals surface area contributed by atoms with Crippen molar-refractivity contribution in [2.75, 3.05) is 0 Å². The van der Waals surface area contributed by atoms with Gasteiger partial charge in [0.05, 0.1) is 5.25 Å². The fourth-order valence-corrected chi connectivity index (χ4v) is 3.28. The highest BCUT2D eigenvalue weighted by atomic mass is 32.2. The summed E-state index contributed by atoms with van der Waals surface area (Å²) in [5, 5.41) is 7.82. The Morgan fingerprint density at radius 3 is 1.88 bits per heavy atom. The van der Waals surface area contributed by atoms with Gasteiger partial charge in [-0.15, -0.1) is 0 Å². The minimum absolute atomic E-state index is 0.167. The first-order valence-corrected chi connectivity index (χ1v) is 6.34. The Balaban J connectivity index is 2.20. The molecule has 3 rings (SSSR count). The van der Waals surface area contributed by atoms with Gasteiger partial charge in [0.1, 0.15) is 0 Å². The van der Waals surface area contributed by atoms with Crippen molar-refractivity contribution in [3.05, 3.63) is 59.7 Å². The van der Waals surface area contributed by atoms with Crippen molar-refractivity contribution >= 4 is 16.9 Å². The van der Waals surface area contributed by atoms with Crippen LogP contribution in [0.5, 0.6) is 0 Å². The molecule has 3 N–H and O–H groups in total. The van der Waals surface area contributed by atoms with E-state index in [1.54, 1.807) is 0 Å². The van der Waals surface area contributed by atoms with Crippen LogP contribution in [0.4, 0.5) is 0 Å². The number of hydrogen-bond donors (Lipinski definition) is 2. The van der Waals surface area contributed by atoms with E-state index in [1.807, 2.05) is 12.1 Å². The Labute approximate surface area is 104 Å². The number of hydrogen-bond acceptors (Lipinski definition) is 2. The molecule has 0 aromatic heterocycles. The summed E-state index contributed by atoms with van der Waals surface area (Å²) < 4.78 is 0. The molecule has 2 nitrogen and oxygen atoms in total. The highest BCUT2D eigenvalue weighted by Crippen LogP contribution is 2.49. The van der Waals surface area contributed by atoms with Crippen LogP contribution in [0.3, 0.4) is 0 Å². The van der Waals surface area contributed by atoms with Crippen molar-refractivity contribution in [2.45, 2.75) is 5.25 Å². The van der Waals surface area contributed by atoms with Crippen molar-refractivity contribution in [1.82, 2.24) is 0 Å². The Morgan fingerprint density at radius 1 is 0.941 bits per heavy atom. The first kappa shape index (κ1) is 10.4. The van der Waals surface area contributed by atoms with Gasteiger partial charge in [-0.05, 0) is 22.3 Å². The van der Waals surface area contributed by atoms with Gasteiger partial charge < -0.3 is 5.73 Å². The molecule has 0 radical (unpaired) electrons. The maximum absolute atomic E-state index is 7.48. The summed E-state index contributed by atoms with van der Waals surface area (Å²) in [6.45, 7) is 0. The molecule has 0 heterocycles. The number of benzene rings is 2. The molecular formula is C14H12N2S. The first-order chi connectivity index (χ1) is 8.27. The zero-order valence-electron chi connectivity index (χ0n) is 9.18. The third kappa shape index (κ3) is 1.63. The van der Waals surface area contributed by atoms with Gasteiger partial charge in [0.2, 0.25) is 0 Å². The normalized spacial score (nSPS) is 13.2. The predicted molar refractivity (Wildman–Crippen MR) is 73.2 cm³/mol. The van der Waals surface area contributed by atoms with Crippen molar-refractivity contribution in [1.29, 1.82) is 5.41 Å². The quantitative estimate of drug-likeness (QED) is 0.593. The largest absolute Gasteiger partial charge is 0.379 e. The molecule has 84 valence electrons. The molecule has 0 saturated carbocycles. The van der Waals surface area contributed by atoms with E-state index in [0.717, 1.165) is 0 Å². The van der Waals surface area contributed by atoms with Crippen LogP contribution in [-0.4, -0.2) is 5.17 Å². The van der Waals surface area contributed by atoms with E-state index < -0.39 is 0 Å². The summed E-state index contributed by atoms with van der Waals surface area (Å²) in [7, 11) is 0. The van der Waals surface area contributed by atoms with E-state index >= 15 is 0 Å². The predicted octanol–water partition coefficient (Wildman–Crippen LogP) is 3.38. The lowest BCUT2D eigenvalue weighted by Gasteiger charge is -2.11. The second-order valence-electron chi connectivity index (χ2n) is 4.04. The summed E-state index contributed by atoms with van der Waals surface area (Å²) in [5.74, 6) is 0. The lowest BCUT2D eigenvalue weighted by atomic mass is 10.1. The molecule has 0 bridgehead atoms. The molecule has 1 aliphatic carbocycles. The number of thioether (sulfide) groups is 1. The molecular weight excluding hydrogens is 228 g/mol. The molecule has 0 spiro atoms. The Bertz CT molecular complexity index is 547. The average Bonchev–Trinajstić information content (AvgIpc) is 2.65. The number of amidine groups is 1. The third-order valence-electron chi connectivity index (χ3n) is 3.02. The van der Waals surface area contributed by atoms with Gasteiger partial charge in [-0.1, -0.05) is 60.3 Å². The molecule has 0 unspecified atom stereocenters. The lowest BCUT2D eigenvalue weighted by molar-refractivity contribution is 1.23. The molecule has 0 atom stereocenters. The van der Waals surface area contributed by atoms with Gasteiger partial charge in [0, 0.05) is 0 Å². The van der Waals surface area contributed by atoms with E-state index in [4.69, 9.17) is 11.1 Å². The van der Waals surface area contributed by atoms with Crippen LogP contribution in [0.2, 0.25) is 0 Å². The summed E-state index contributed by atoms with van der Waals surface area (Å²) in [5.41, 5.74) is 10.6. The third-order valence-corrected chi connectivity index (χ3v) is 4.02. The van der Waals surface area contributed by atoms with E-state index in [0.29, 0.717) is 0 Å². The van der Waals surface area contributed by atoms with Crippen LogP contribution in [-0.2, 0) is 0 Å². The van der Waals surface area contributed by atoms with Gasteiger partial charge in [0.15, 0.2) is 5.17 Å². The van der Waals surface area contributed by atoms with Crippen molar-refractivity contribution in [3.8, 4) is 11.1 Å². The van der Waals surface area contributed by atoms with Crippen molar-refractivity contribution in [2.24, 2.45) is 5.73 Å². The van der Waals surface area contributed by atoms with Gasteiger partial charge >= 0.3 is 0 Å². The summed E-state index contributed by atoms with van der Waals surface area (Å²) >= 11 is 1.41. The monoisotopic (exact) mass is 240 g/mol. The van der Waals surface area contributed by atoms with Crippen LogP contribution < -0.4 is 5.73 Å². The van der Waals surface area contributed by atoms with E-state index in [-0.39, 0.29) is 10.4 Å². The fourth-order valence-electron chi connectivity index (χ4n) is 2.36. The molecule has 1 aliphatic rings. The number of fused-ring (bicyclic) bond motifs is 3. The number of rotatable bonds is 1. The fraction of sp³-hybridized carbons (Fsp3) is 0.0714. The standard InChI is InChI=1S/C14H12N2S/c15-14(16)17-13-11-7-3-1-5-9(11)10-6-2-4-8-12(10)13/h1-8,13H,(H3,15,16). The zero-order valence-corrected chi connectivity index (χ0v) is 10.00. The summed E-state index contributed by atoms with van der Waals surface area (Å²) in [6, 6.07) is 16.7. The maximum Gasteiger partial charge on any atom is 0.151 e. The smallest absolute Gasteiger partial charge is 0.151 e. The molecule has 0 saturated heterocycles. The van der Waals surface area contributed by atoms with Gasteiger partial charge in [0.25, 0.3) is 0 Å². The van der Waals surface area contributed by atoms with E-state index in [9.17, 15) is 0 Å². The topological polar surface area (TPSA) is 49.9 Å². The van der Waals surface area contributed by atoms with E-state index in [2.05, 4.69) is 36.4 Å². The minimum Gasteiger partial charge on any atom is -0.379 e. The second kappa shape index (κ2) is 3.93. The lowest BCUT2D eigenvalue weighted by Crippen LogP contribution is -2.07. The van der Waals surface area contributed by atoms with Gasteiger partial charge in [-0.3, -0.25) is 5.41 Å². The maximum atomic E-state index is 7.48. The van der Waals surface area contributed by atoms with Crippen molar-refractivity contribution in [3.63, 3.8) is 0 Å². The molecule has 3 heteroatoms. The Hall–Kier alpha value is -1.74. The highest BCUT2D eigenvalue weighted by Gasteiger charge is 2.28. The molecule has 17 heavy (non-hydrogen) atoms. The molecule has 2 aromatic rings. The van der Waals surface area contributed by atoms with Gasteiger partial charge in [-0.25, -0.2) is 0 Å². The Morgan fingerprint density at radius 2 is 1.41 bits per heavy atom. The summed E-state index contributed by atoms with van der Waals surface area (Å²) in [6.07, 6.45) is 0. The number of nitrogens with one attached hydrogen (secondary N) is 1. The minimum atomic E-state index is 0.167. The van der Waals surface area contributed by atoms with Gasteiger partial charge in [-0.2, -0.15) is 0 Å². The number of nitrogens with two attached hydrogens (primary N) is 1. The molecule has 0 fully saturated rings. The summed E-state index contributed by atoms with van der Waals surface area (Å²) in [4.78, 5) is 0. The molecule has 0 aliphatic heterocycles. The Kier molecular flexibility index (Phi) is 2.41. The van der Waals surface area contributed by atoms with Crippen molar-refractivity contribution < 1.29 is 0 Å². The van der Waals surface area contributed by atoms with Crippen LogP contribution in [0.15, 0.2) is 48.5 Å². The molecule has 2 aromatic carbocycles. The average molecular weight is 240 g/mol. The second-order valence-corrected chi connectivity index (χ2v) is 5.18. The van der Waals surface area contributed by atoms with Crippen LogP contribution in [0, 0.1) is 5.41 Å². The molecule has 0 amide bonds. The van der Waals surface area contributed by atoms with Crippen LogP contribution in [0.1, 0.15) is 16.4 Å². The van der Waals surface area contributed by atoms with E-state index in [1.165, 1.54) is 34.0 Å². The highest BCUT2D eigenvalue weighted by molar-refractivity contribution is 8.14. The SMILES string of the molecule is N=C(N)SC1c2ccccc2-c2ccccc21.